The van der Waals surface area contributed by atoms with Gasteiger partial charge in [0.1, 0.15) is 17.6 Å². The summed E-state index contributed by atoms with van der Waals surface area (Å²) in [5.74, 6) is -1.48. The first-order valence-corrected chi connectivity index (χ1v) is 12.2. The molecule has 9 nitrogen and oxygen atoms in total. The zero-order valence-corrected chi connectivity index (χ0v) is 21.7. The Kier molecular flexibility index (Phi) is 9.26. The number of nitrogens with one attached hydrogen (secondary N) is 2. The predicted molar refractivity (Wildman–Crippen MR) is 133 cm³/mol. The summed E-state index contributed by atoms with van der Waals surface area (Å²) in [6.07, 6.45) is -10.2. The van der Waals surface area contributed by atoms with Crippen LogP contribution in [-0.4, -0.2) is 50.2 Å². The molecule has 0 aliphatic rings. The molecule has 3 heterocycles. The molecule has 2 N–H and O–H groups in total. The molecule has 19 heteroatoms. The molecule has 0 saturated carbocycles. The summed E-state index contributed by atoms with van der Waals surface area (Å²) in [6.45, 7) is -5.13. The lowest BCUT2D eigenvalue weighted by Crippen LogP contribution is -2.35. The van der Waals surface area contributed by atoms with Gasteiger partial charge in [-0.25, -0.2) is 23.8 Å². The second-order valence-corrected chi connectivity index (χ2v) is 9.24. The van der Waals surface area contributed by atoms with Crippen molar-refractivity contribution in [1.29, 1.82) is 0 Å². The number of hydrogen-bond donors (Lipinski definition) is 2. The topological polar surface area (TPSA) is 115 Å². The second kappa shape index (κ2) is 12.6. The standard InChI is InChI=1S/C25H18F10N6O3/c26-13(4-14(10-44-23(28)29)39-18-8-38-40-21(42)19(18)25(33,34)35)9-41-2-1-11-3-16(17(27)5-15(11)22(41)43)20-36-6-12(7-37-20)24(30,31)32/h1-3,5-8,13-14,23H,4,9-10H2,(H2,39,40,42)/t13-,14-/m1/s1. The maximum Gasteiger partial charge on any atom is 0.423 e. The van der Waals surface area contributed by atoms with Crippen molar-refractivity contribution < 1.29 is 48.6 Å². The van der Waals surface area contributed by atoms with Crippen molar-refractivity contribution >= 4 is 16.5 Å². The third kappa shape index (κ3) is 7.50. The Bertz CT molecular complexity index is 1740. The van der Waals surface area contributed by atoms with Crippen LogP contribution in [0.4, 0.5) is 49.6 Å². The highest BCUT2D eigenvalue weighted by Gasteiger charge is 2.38. The molecule has 1 aromatic carbocycles. The van der Waals surface area contributed by atoms with E-state index in [2.05, 4.69) is 25.1 Å². The summed E-state index contributed by atoms with van der Waals surface area (Å²) < 4.78 is 139. The molecule has 0 saturated heterocycles. The van der Waals surface area contributed by atoms with E-state index in [9.17, 15) is 49.1 Å². The quantitative estimate of drug-likeness (QED) is 0.230. The zero-order valence-electron chi connectivity index (χ0n) is 21.7. The summed E-state index contributed by atoms with van der Waals surface area (Å²) >= 11 is 0. The Balaban J connectivity index is 1.57. The lowest BCUT2D eigenvalue weighted by atomic mass is 10.1. The molecule has 4 aromatic rings. The average molecular weight is 640 g/mol. The number of anilines is 1. The summed E-state index contributed by atoms with van der Waals surface area (Å²) in [6, 6.07) is 1.53. The molecule has 2 atom stereocenters. The Morgan fingerprint density at radius 3 is 2.27 bits per heavy atom. The van der Waals surface area contributed by atoms with Gasteiger partial charge >= 0.3 is 19.0 Å². The zero-order chi connectivity index (χ0) is 32.4. The lowest BCUT2D eigenvalue weighted by molar-refractivity contribution is -0.139. The first-order valence-electron chi connectivity index (χ1n) is 12.2. The molecule has 0 amide bonds. The van der Waals surface area contributed by atoms with E-state index in [0.717, 1.165) is 22.9 Å². The molecular weight excluding hydrogens is 622 g/mol. The maximum atomic E-state index is 15.1. The van der Waals surface area contributed by atoms with Crippen LogP contribution in [0.3, 0.4) is 0 Å². The molecule has 4 rings (SSSR count). The van der Waals surface area contributed by atoms with Crippen LogP contribution in [0.2, 0.25) is 0 Å². The van der Waals surface area contributed by atoms with Crippen LogP contribution in [0.15, 0.2) is 52.6 Å². The Morgan fingerprint density at radius 1 is 0.977 bits per heavy atom. The number of fused-ring (bicyclic) bond motifs is 1. The molecule has 0 bridgehead atoms. The second-order valence-electron chi connectivity index (χ2n) is 9.24. The van der Waals surface area contributed by atoms with Crippen LogP contribution in [-0.2, 0) is 23.6 Å². The summed E-state index contributed by atoms with van der Waals surface area (Å²) in [4.78, 5) is 31.7. The molecule has 0 aliphatic carbocycles. The summed E-state index contributed by atoms with van der Waals surface area (Å²) in [5, 5.41) is 6.77. The van der Waals surface area contributed by atoms with Gasteiger partial charge in [0.15, 0.2) is 5.82 Å². The fraction of sp³-hybridized carbons (Fsp3) is 0.320. The number of alkyl halides is 9. The molecule has 0 unspecified atom stereocenters. The molecule has 236 valence electrons. The smallest absolute Gasteiger partial charge is 0.378 e. The van der Waals surface area contributed by atoms with Crippen molar-refractivity contribution in [2.24, 2.45) is 0 Å². The number of nitrogens with zero attached hydrogens (tertiary/aromatic N) is 4. The van der Waals surface area contributed by atoms with Crippen LogP contribution >= 0.6 is 0 Å². The fourth-order valence-electron chi connectivity index (χ4n) is 4.20. The highest BCUT2D eigenvalue weighted by Crippen LogP contribution is 2.32. The van der Waals surface area contributed by atoms with Gasteiger partial charge in [-0.15, -0.1) is 0 Å². The van der Waals surface area contributed by atoms with Gasteiger partial charge in [0.25, 0.3) is 11.1 Å². The van der Waals surface area contributed by atoms with Gasteiger partial charge in [-0.3, -0.25) is 9.59 Å². The molecule has 0 radical (unpaired) electrons. The van der Waals surface area contributed by atoms with Gasteiger partial charge in [0.05, 0.1) is 47.6 Å². The van der Waals surface area contributed by atoms with E-state index >= 15 is 4.39 Å². The third-order valence-corrected chi connectivity index (χ3v) is 6.14. The molecule has 0 aliphatic heterocycles. The molecule has 0 spiro atoms. The maximum absolute atomic E-state index is 15.1. The number of hydrogen-bond acceptors (Lipinski definition) is 7. The minimum atomic E-state index is -5.19. The van der Waals surface area contributed by atoms with E-state index in [1.165, 1.54) is 6.07 Å². The monoisotopic (exact) mass is 640 g/mol. The fourth-order valence-corrected chi connectivity index (χ4v) is 4.20. The average Bonchev–Trinajstić information content (AvgIpc) is 2.92. The van der Waals surface area contributed by atoms with Crippen molar-refractivity contribution in [1.82, 2.24) is 24.7 Å². The van der Waals surface area contributed by atoms with Crippen molar-refractivity contribution in [2.45, 2.75) is 44.1 Å². The van der Waals surface area contributed by atoms with Gasteiger partial charge in [-0.1, -0.05) is 0 Å². The Morgan fingerprint density at radius 2 is 1.66 bits per heavy atom. The van der Waals surface area contributed by atoms with Gasteiger partial charge < -0.3 is 14.6 Å². The third-order valence-electron chi connectivity index (χ3n) is 6.14. The van der Waals surface area contributed by atoms with Crippen molar-refractivity contribution in [3.8, 4) is 11.4 Å². The first kappa shape index (κ1) is 32.4. The lowest BCUT2D eigenvalue weighted by Gasteiger charge is -2.23. The number of aromatic nitrogens is 5. The van der Waals surface area contributed by atoms with E-state index in [-0.39, 0.29) is 16.3 Å². The minimum absolute atomic E-state index is 0.0907. The van der Waals surface area contributed by atoms with E-state index in [0.29, 0.717) is 18.6 Å². The number of rotatable bonds is 10. The van der Waals surface area contributed by atoms with Crippen molar-refractivity contribution in [3.05, 3.63) is 80.6 Å². The Labute approximate surface area is 238 Å². The largest absolute Gasteiger partial charge is 0.423 e. The van der Waals surface area contributed by atoms with Crippen molar-refractivity contribution in [3.63, 3.8) is 0 Å². The van der Waals surface area contributed by atoms with Gasteiger partial charge in [0.2, 0.25) is 0 Å². The van der Waals surface area contributed by atoms with Crippen LogP contribution in [0.25, 0.3) is 22.2 Å². The SMILES string of the molecule is O=c1[nH]ncc(N[C@@H](COC(F)F)C[C@@H](F)Cn2ccc3cc(-c4ncc(C(F)(F)F)cn4)c(F)cc3c2=O)c1C(F)(F)F. The number of halogens is 10. The molecule has 44 heavy (non-hydrogen) atoms. The normalized spacial score (nSPS) is 13.8. The first-order chi connectivity index (χ1) is 20.5. The molecule has 0 fully saturated rings. The number of pyridine rings is 1. The van der Waals surface area contributed by atoms with Crippen molar-refractivity contribution in [2.75, 3.05) is 11.9 Å². The Hall–Kier alpha value is -4.55. The van der Waals surface area contributed by atoms with Gasteiger partial charge in [-0.2, -0.15) is 40.2 Å². The van der Waals surface area contributed by atoms with E-state index in [1.807, 2.05) is 0 Å². The summed E-state index contributed by atoms with van der Waals surface area (Å²) in [5.41, 5.74) is -6.72. The number of aromatic amines is 1. The van der Waals surface area contributed by atoms with E-state index in [1.54, 1.807) is 5.10 Å². The van der Waals surface area contributed by atoms with Crippen LogP contribution < -0.4 is 16.4 Å². The van der Waals surface area contributed by atoms with Crippen LogP contribution in [0.5, 0.6) is 0 Å². The predicted octanol–water partition coefficient (Wildman–Crippen LogP) is 5.17. The van der Waals surface area contributed by atoms with Crippen LogP contribution in [0.1, 0.15) is 17.5 Å². The number of H-pyrrole nitrogens is 1. The van der Waals surface area contributed by atoms with E-state index < -0.39 is 90.3 Å². The highest BCUT2D eigenvalue weighted by molar-refractivity contribution is 5.86. The molecular formula is C25H18F10N6O3. The van der Waals surface area contributed by atoms with Gasteiger partial charge in [-0.05, 0) is 23.6 Å². The van der Waals surface area contributed by atoms with E-state index in [4.69, 9.17) is 0 Å². The van der Waals surface area contributed by atoms with Gasteiger partial charge in [0, 0.05) is 25.0 Å². The molecule has 3 aromatic heterocycles. The number of benzene rings is 1. The highest BCUT2D eigenvalue weighted by atomic mass is 19.4. The number of ether oxygens (including phenoxy) is 1. The summed E-state index contributed by atoms with van der Waals surface area (Å²) in [7, 11) is 0. The van der Waals surface area contributed by atoms with Crippen LogP contribution in [0, 0.1) is 5.82 Å². The minimum Gasteiger partial charge on any atom is -0.378 e.